The topological polar surface area (TPSA) is 75.5 Å². The van der Waals surface area contributed by atoms with E-state index in [4.69, 9.17) is 0 Å². The van der Waals surface area contributed by atoms with Gasteiger partial charge >= 0.3 is 0 Å². The van der Waals surface area contributed by atoms with Gasteiger partial charge in [0.05, 0.1) is 17.5 Å². The summed E-state index contributed by atoms with van der Waals surface area (Å²) in [5, 5.41) is 13.5. The van der Waals surface area contributed by atoms with Crippen molar-refractivity contribution in [3.05, 3.63) is 39.9 Å². The molecule has 8 heteroatoms. The second kappa shape index (κ2) is 5.49. The Labute approximate surface area is 113 Å². The average Bonchev–Trinajstić information content (AvgIpc) is 2.66. The van der Waals surface area contributed by atoms with Crippen LogP contribution in [0.4, 0.5) is 14.5 Å². The first-order valence-electron chi connectivity index (χ1n) is 5.99. The van der Waals surface area contributed by atoms with Gasteiger partial charge in [0, 0.05) is 12.1 Å². The minimum Gasteiger partial charge on any atom is -0.316 e. The van der Waals surface area contributed by atoms with Gasteiger partial charge in [-0.2, -0.15) is 0 Å². The number of nitro benzene ring substituents is 1. The molecule has 0 bridgehead atoms. The van der Waals surface area contributed by atoms with Gasteiger partial charge in [-0.05, 0) is 24.6 Å². The van der Waals surface area contributed by atoms with E-state index >= 15 is 0 Å². The van der Waals surface area contributed by atoms with E-state index in [0.717, 1.165) is 4.90 Å². The maximum Gasteiger partial charge on any atom is 0.269 e. The van der Waals surface area contributed by atoms with Crippen LogP contribution in [0.5, 0.6) is 0 Å². The molecule has 0 spiro atoms. The molecular weight excluding hydrogens is 272 g/mol. The van der Waals surface area contributed by atoms with Crippen LogP contribution in [0.3, 0.4) is 0 Å². The summed E-state index contributed by atoms with van der Waals surface area (Å²) in [6, 6.07) is 4.92. The standard InChI is InChI=1S/C12H13F2N3O3/c1-7-12(18)16(6-10(13)14)11(15-7)8-2-4-9(5-3-8)17(19)20/h2-5,7,10-11,15H,6H2,1H3. The molecule has 1 fully saturated rings. The Hall–Kier alpha value is -2.09. The Bertz CT molecular complexity index is 521. The fourth-order valence-electron chi connectivity index (χ4n) is 2.17. The Kier molecular flexibility index (Phi) is 3.93. The lowest BCUT2D eigenvalue weighted by Gasteiger charge is -2.24. The number of nitro groups is 1. The van der Waals surface area contributed by atoms with Crippen LogP contribution in [0.2, 0.25) is 0 Å². The summed E-state index contributed by atoms with van der Waals surface area (Å²) in [6.07, 6.45) is -3.32. The predicted molar refractivity (Wildman–Crippen MR) is 66.2 cm³/mol. The van der Waals surface area contributed by atoms with E-state index < -0.39 is 36.0 Å². The fraction of sp³-hybridized carbons (Fsp3) is 0.417. The van der Waals surface area contributed by atoms with Gasteiger partial charge in [0.25, 0.3) is 12.1 Å². The third kappa shape index (κ3) is 2.74. The molecule has 2 unspecified atom stereocenters. The van der Waals surface area contributed by atoms with Crippen LogP contribution in [0.15, 0.2) is 24.3 Å². The predicted octanol–water partition coefficient (Wildman–Crippen LogP) is 1.68. The number of nitrogens with zero attached hydrogens (tertiary/aromatic N) is 2. The summed E-state index contributed by atoms with van der Waals surface area (Å²) >= 11 is 0. The summed E-state index contributed by atoms with van der Waals surface area (Å²) < 4.78 is 25.1. The quantitative estimate of drug-likeness (QED) is 0.674. The molecule has 0 saturated carbocycles. The van der Waals surface area contributed by atoms with Crippen LogP contribution in [-0.4, -0.2) is 34.7 Å². The average molecular weight is 285 g/mol. The maximum absolute atomic E-state index is 12.5. The first-order chi connectivity index (χ1) is 9.40. The van der Waals surface area contributed by atoms with Crippen LogP contribution in [0.25, 0.3) is 0 Å². The van der Waals surface area contributed by atoms with Crippen molar-refractivity contribution >= 4 is 11.6 Å². The third-order valence-electron chi connectivity index (χ3n) is 3.13. The molecule has 2 rings (SSSR count). The summed E-state index contributed by atoms with van der Waals surface area (Å²) in [5.41, 5.74) is 0.445. The van der Waals surface area contributed by atoms with Gasteiger partial charge in [-0.1, -0.05) is 0 Å². The van der Waals surface area contributed by atoms with Crippen LogP contribution in [-0.2, 0) is 4.79 Å². The number of carbonyl (C=O) groups excluding carboxylic acids is 1. The van der Waals surface area contributed by atoms with Crippen molar-refractivity contribution in [3.63, 3.8) is 0 Å². The summed E-state index contributed by atoms with van der Waals surface area (Å²) in [4.78, 5) is 22.9. The molecule has 1 aliphatic rings. The molecule has 1 saturated heterocycles. The number of benzene rings is 1. The Balaban J connectivity index is 2.25. The number of rotatable bonds is 4. The van der Waals surface area contributed by atoms with Crippen molar-refractivity contribution in [3.8, 4) is 0 Å². The fourth-order valence-corrected chi connectivity index (χ4v) is 2.17. The van der Waals surface area contributed by atoms with Crippen LogP contribution in [0, 0.1) is 10.1 Å². The molecule has 0 aliphatic carbocycles. The van der Waals surface area contributed by atoms with Gasteiger partial charge in [0.1, 0.15) is 6.17 Å². The maximum atomic E-state index is 12.5. The van der Waals surface area contributed by atoms with Crippen molar-refractivity contribution in [2.45, 2.75) is 25.6 Å². The number of amides is 1. The van der Waals surface area contributed by atoms with E-state index in [1.54, 1.807) is 6.92 Å². The molecule has 6 nitrogen and oxygen atoms in total. The van der Waals surface area contributed by atoms with Crippen molar-refractivity contribution in [1.82, 2.24) is 10.2 Å². The largest absolute Gasteiger partial charge is 0.316 e. The van der Waals surface area contributed by atoms with E-state index in [1.807, 2.05) is 0 Å². The number of nitrogens with one attached hydrogen (secondary N) is 1. The normalized spacial score (nSPS) is 22.6. The monoisotopic (exact) mass is 285 g/mol. The molecule has 1 N–H and O–H groups in total. The number of non-ortho nitro benzene ring substituents is 1. The van der Waals surface area contributed by atoms with Crippen molar-refractivity contribution in [1.29, 1.82) is 0 Å². The van der Waals surface area contributed by atoms with Crippen molar-refractivity contribution < 1.29 is 18.5 Å². The summed E-state index contributed by atoms with van der Waals surface area (Å²) in [5.74, 6) is -0.409. The Morgan fingerprint density at radius 2 is 2.00 bits per heavy atom. The van der Waals surface area contributed by atoms with E-state index in [0.29, 0.717) is 5.56 Å². The number of alkyl halides is 2. The molecule has 1 aromatic carbocycles. The third-order valence-corrected chi connectivity index (χ3v) is 3.13. The second-order valence-corrected chi connectivity index (χ2v) is 4.52. The summed E-state index contributed by atoms with van der Waals surface area (Å²) in [6.45, 7) is 0.921. The number of hydrogen-bond acceptors (Lipinski definition) is 4. The molecule has 20 heavy (non-hydrogen) atoms. The number of carbonyl (C=O) groups is 1. The van der Waals surface area contributed by atoms with Crippen LogP contribution < -0.4 is 5.32 Å². The molecule has 1 amide bonds. The molecule has 1 heterocycles. The summed E-state index contributed by atoms with van der Waals surface area (Å²) in [7, 11) is 0. The molecule has 108 valence electrons. The highest BCUT2D eigenvalue weighted by Gasteiger charge is 2.38. The molecule has 1 aromatic rings. The zero-order chi connectivity index (χ0) is 14.9. The highest BCUT2D eigenvalue weighted by atomic mass is 19.3. The Morgan fingerprint density at radius 1 is 1.40 bits per heavy atom. The first-order valence-corrected chi connectivity index (χ1v) is 5.99. The van der Waals surface area contributed by atoms with Gasteiger partial charge in [-0.3, -0.25) is 20.2 Å². The lowest BCUT2D eigenvalue weighted by atomic mass is 10.1. The zero-order valence-electron chi connectivity index (χ0n) is 10.6. The number of halogens is 2. The highest BCUT2D eigenvalue weighted by Crippen LogP contribution is 2.27. The van der Waals surface area contributed by atoms with Gasteiger partial charge in [-0.15, -0.1) is 0 Å². The van der Waals surface area contributed by atoms with E-state index in [-0.39, 0.29) is 5.69 Å². The minimum absolute atomic E-state index is 0.0912. The van der Waals surface area contributed by atoms with Crippen LogP contribution >= 0.6 is 0 Å². The molecule has 2 atom stereocenters. The van der Waals surface area contributed by atoms with Gasteiger partial charge in [0.15, 0.2) is 0 Å². The molecule has 0 aromatic heterocycles. The smallest absolute Gasteiger partial charge is 0.269 e. The van der Waals surface area contributed by atoms with E-state index in [1.165, 1.54) is 24.3 Å². The minimum atomic E-state index is -2.63. The van der Waals surface area contributed by atoms with Gasteiger partial charge < -0.3 is 4.90 Å². The Morgan fingerprint density at radius 3 is 2.50 bits per heavy atom. The second-order valence-electron chi connectivity index (χ2n) is 4.52. The number of hydrogen-bond donors (Lipinski definition) is 1. The van der Waals surface area contributed by atoms with E-state index in [9.17, 15) is 23.7 Å². The molecular formula is C12H13F2N3O3. The van der Waals surface area contributed by atoms with Crippen LogP contribution in [0.1, 0.15) is 18.7 Å². The first kappa shape index (κ1) is 14.3. The zero-order valence-corrected chi connectivity index (χ0v) is 10.6. The van der Waals surface area contributed by atoms with Crippen molar-refractivity contribution in [2.75, 3.05) is 6.54 Å². The van der Waals surface area contributed by atoms with E-state index in [2.05, 4.69) is 5.32 Å². The SMILES string of the molecule is CC1NC(c2ccc([N+](=O)[O-])cc2)N(CC(F)F)C1=O. The lowest BCUT2D eigenvalue weighted by Crippen LogP contribution is -2.34. The van der Waals surface area contributed by atoms with Gasteiger partial charge in [-0.25, -0.2) is 8.78 Å². The highest BCUT2D eigenvalue weighted by molar-refractivity contribution is 5.84. The van der Waals surface area contributed by atoms with Crippen molar-refractivity contribution in [2.24, 2.45) is 0 Å². The molecule has 0 radical (unpaired) electrons. The van der Waals surface area contributed by atoms with Gasteiger partial charge in [0.2, 0.25) is 5.91 Å². The lowest BCUT2D eigenvalue weighted by molar-refractivity contribution is -0.384. The molecule has 1 aliphatic heterocycles.